The minimum atomic E-state index is -4.43. The van der Waals surface area contributed by atoms with E-state index in [0.29, 0.717) is 29.1 Å². The Balaban J connectivity index is 1.40. The number of nitrogens with one attached hydrogen (secondary N) is 2. The summed E-state index contributed by atoms with van der Waals surface area (Å²) in [4.78, 5) is 30.1. The molecule has 9 nitrogen and oxygen atoms in total. The summed E-state index contributed by atoms with van der Waals surface area (Å²) in [5, 5.41) is 13.8. The van der Waals surface area contributed by atoms with Crippen LogP contribution in [-0.2, 0) is 11.2 Å². The summed E-state index contributed by atoms with van der Waals surface area (Å²) in [6, 6.07) is 0.502. The number of hydrogen-bond acceptors (Lipinski definition) is 6. The second kappa shape index (κ2) is 11.4. The quantitative estimate of drug-likeness (QED) is 0.306. The minimum absolute atomic E-state index is 0.0794. The Labute approximate surface area is 232 Å². The van der Waals surface area contributed by atoms with Crippen molar-refractivity contribution in [1.82, 2.24) is 30.4 Å². The van der Waals surface area contributed by atoms with Gasteiger partial charge in [-0.3, -0.25) is 9.59 Å². The SMILES string of the molecule is CCc1oncc1C(=O)N[C@H](c1cn2ncc([C@H](NC(=O)CCC(F)(F)F)C3CC3)cc2n1)C1CCC(F)(F)CC1. The highest BCUT2D eigenvalue weighted by Crippen LogP contribution is 2.43. The van der Waals surface area contributed by atoms with Crippen molar-refractivity contribution in [2.75, 3.05) is 0 Å². The Morgan fingerprint density at radius 1 is 1.10 bits per heavy atom. The van der Waals surface area contributed by atoms with E-state index in [-0.39, 0.29) is 43.1 Å². The smallest absolute Gasteiger partial charge is 0.361 e. The van der Waals surface area contributed by atoms with Gasteiger partial charge in [-0.25, -0.2) is 18.3 Å². The molecule has 0 bridgehead atoms. The van der Waals surface area contributed by atoms with Gasteiger partial charge in [-0.15, -0.1) is 0 Å². The van der Waals surface area contributed by atoms with Crippen molar-refractivity contribution in [3.8, 4) is 0 Å². The molecule has 2 amide bonds. The molecule has 2 fully saturated rings. The predicted octanol–water partition coefficient (Wildman–Crippen LogP) is 5.49. The number of fused-ring (bicyclic) bond motifs is 1. The highest BCUT2D eigenvalue weighted by molar-refractivity contribution is 5.95. The number of halogens is 5. The Morgan fingerprint density at radius 3 is 2.46 bits per heavy atom. The van der Waals surface area contributed by atoms with Crippen LogP contribution in [0.4, 0.5) is 22.0 Å². The highest BCUT2D eigenvalue weighted by Gasteiger charge is 2.40. The van der Waals surface area contributed by atoms with Gasteiger partial charge in [0.1, 0.15) is 11.3 Å². The molecule has 0 radical (unpaired) electrons. The van der Waals surface area contributed by atoms with Crippen molar-refractivity contribution in [3.05, 3.63) is 47.2 Å². The first kappa shape index (κ1) is 28.9. The molecule has 14 heteroatoms. The molecule has 222 valence electrons. The third-order valence-corrected chi connectivity index (χ3v) is 7.81. The van der Waals surface area contributed by atoms with Crippen LogP contribution in [0.1, 0.15) is 97.7 Å². The molecule has 3 heterocycles. The van der Waals surface area contributed by atoms with Crippen LogP contribution in [0.5, 0.6) is 0 Å². The zero-order valence-corrected chi connectivity index (χ0v) is 22.4. The van der Waals surface area contributed by atoms with Gasteiger partial charge < -0.3 is 15.2 Å². The molecule has 0 aliphatic heterocycles. The second-order valence-corrected chi connectivity index (χ2v) is 10.9. The van der Waals surface area contributed by atoms with Crippen LogP contribution < -0.4 is 10.6 Å². The lowest BCUT2D eigenvalue weighted by molar-refractivity contribution is -0.144. The van der Waals surface area contributed by atoms with E-state index in [2.05, 4.69) is 25.9 Å². The molecule has 2 atom stereocenters. The van der Waals surface area contributed by atoms with E-state index >= 15 is 0 Å². The van der Waals surface area contributed by atoms with E-state index in [1.807, 2.05) is 6.92 Å². The lowest BCUT2D eigenvalue weighted by Crippen LogP contribution is -2.37. The summed E-state index contributed by atoms with van der Waals surface area (Å²) in [6.07, 6.45) is 0.0269. The van der Waals surface area contributed by atoms with Crippen LogP contribution >= 0.6 is 0 Å². The van der Waals surface area contributed by atoms with E-state index in [1.54, 1.807) is 12.3 Å². The molecule has 0 aromatic carbocycles. The van der Waals surface area contributed by atoms with Crippen LogP contribution in [0.2, 0.25) is 0 Å². The van der Waals surface area contributed by atoms with Gasteiger partial charge in [-0.05, 0) is 49.1 Å². The molecule has 0 saturated heterocycles. The van der Waals surface area contributed by atoms with Gasteiger partial charge in [0, 0.05) is 25.7 Å². The molecule has 2 N–H and O–H groups in total. The van der Waals surface area contributed by atoms with Crippen molar-refractivity contribution in [1.29, 1.82) is 0 Å². The molecule has 0 unspecified atom stereocenters. The Hall–Kier alpha value is -3.58. The lowest BCUT2D eigenvalue weighted by atomic mass is 9.81. The fourth-order valence-electron chi connectivity index (χ4n) is 5.39. The van der Waals surface area contributed by atoms with Crippen LogP contribution in [0.15, 0.2) is 29.2 Å². The van der Waals surface area contributed by atoms with Gasteiger partial charge in [-0.2, -0.15) is 18.3 Å². The largest absolute Gasteiger partial charge is 0.389 e. The third kappa shape index (κ3) is 7.02. The summed E-state index contributed by atoms with van der Waals surface area (Å²) in [7, 11) is 0. The number of aryl methyl sites for hydroxylation is 1. The van der Waals surface area contributed by atoms with Gasteiger partial charge in [0.15, 0.2) is 5.65 Å². The summed E-state index contributed by atoms with van der Waals surface area (Å²) >= 11 is 0. The lowest BCUT2D eigenvalue weighted by Gasteiger charge is -2.33. The van der Waals surface area contributed by atoms with Crippen molar-refractivity contribution in [2.24, 2.45) is 11.8 Å². The number of amides is 2. The molecule has 41 heavy (non-hydrogen) atoms. The summed E-state index contributed by atoms with van der Waals surface area (Å²) in [6.45, 7) is 1.82. The molecule has 2 aliphatic rings. The standard InChI is InChI=1S/C27H31F5N6O3/c1-2-20-18(13-34-41-20)25(40)37-24(16-5-8-26(28,29)9-6-16)19-14-38-21(35-19)11-17(12-33-38)23(15-3-4-15)36-22(39)7-10-27(30,31)32/h11-16,23-24H,2-10H2,1H3,(H,36,39)(H,37,40)/t23-,24+/m1/s1. The number of hydrogen-bond donors (Lipinski definition) is 2. The Bertz CT molecular complexity index is 1390. The van der Waals surface area contributed by atoms with Crippen molar-refractivity contribution in [3.63, 3.8) is 0 Å². The zero-order valence-electron chi connectivity index (χ0n) is 22.4. The maximum absolute atomic E-state index is 14.0. The predicted molar refractivity (Wildman–Crippen MR) is 135 cm³/mol. The number of rotatable bonds is 10. The maximum Gasteiger partial charge on any atom is 0.389 e. The second-order valence-electron chi connectivity index (χ2n) is 10.9. The van der Waals surface area contributed by atoms with Gasteiger partial charge in [0.25, 0.3) is 5.91 Å². The van der Waals surface area contributed by atoms with Crippen LogP contribution in [0.25, 0.3) is 5.65 Å². The summed E-state index contributed by atoms with van der Waals surface area (Å²) in [5.74, 6) is -3.73. The molecule has 2 aliphatic carbocycles. The van der Waals surface area contributed by atoms with Gasteiger partial charge in [0.05, 0.1) is 42.8 Å². The normalized spacial score (nSPS) is 19.2. The van der Waals surface area contributed by atoms with Crippen LogP contribution in [0.3, 0.4) is 0 Å². The number of imidazole rings is 1. The molecule has 3 aromatic rings. The van der Waals surface area contributed by atoms with Crippen molar-refractivity contribution in [2.45, 2.75) is 88.9 Å². The molecule has 3 aromatic heterocycles. The van der Waals surface area contributed by atoms with E-state index in [9.17, 15) is 31.5 Å². The molecule has 2 saturated carbocycles. The van der Waals surface area contributed by atoms with Crippen molar-refractivity contribution >= 4 is 17.5 Å². The average molecular weight is 583 g/mol. The molecule has 5 rings (SSSR count). The summed E-state index contributed by atoms with van der Waals surface area (Å²) in [5.41, 5.74) is 1.70. The zero-order chi connectivity index (χ0) is 29.4. The molecular weight excluding hydrogens is 551 g/mol. The first-order valence-corrected chi connectivity index (χ1v) is 13.8. The number of nitrogens with zero attached hydrogens (tertiary/aromatic N) is 4. The maximum atomic E-state index is 14.0. The van der Waals surface area contributed by atoms with Crippen molar-refractivity contribution < 1.29 is 36.1 Å². The topological polar surface area (TPSA) is 114 Å². The first-order valence-electron chi connectivity index (χ1n) is 13.8. The number of carbonyl (C=O) groups is 2. The first-order chi connectivity index (χ1) is 19.4. The molecule has 0 spiro atoms. The molecular formula is C27H31F5N6O3. The average Bonchev–Trinajstić information content (AvgIpc) is 3.48. The van der Waals surface area contributed by atoms with Crippen LogP contribution in [0, 0.1) is 11.8 Å². The van der Waals surface area contributed by atoms with Gasteiger partial charge in [-0.1, -0.05) is 12.1 Å². The Kier molecular flexibility index (Phi) is 8.02. The highest BCUT2D eigenvalue weighted by atomic mass is 19.4. The van der Waals surface area contributed by atoms with Crippen LogP contribution in [-0.4, -0.2) is 43.7 Å². The Morgan fingerprint density at radius 2 is 1.80 bits per heavy atom. The van der Waals surface area contributed by atoms with E-state index in [0.717, 1.165) is 12.8 Å². The number of carbonyl (C=O) groups excluding carboxylic acids is 2. The van der Waals surface area contributed by atoms with Gasteiger partial charge in [0.2, 0.25) is 11.8 Å². The monoisotopic (exact) mass is 582 g/mol. The fraction of sp³-hybridized carbons (Fsp3) is 0.593. The van der Waals surface area contributed by atoms with E-state index < -0.39 is 48.8 Å². The third-order valence-electron chi connectivity index (χ3n) is 7.81. The summed E-state index contributed by atoms with van der Waals surface area (Å²) < 4.78 is 72.3. The van der Waals surface area contributed by atoms with E-state index in [4.69, 9.17) is 4.52 Å². The van der Waals surface area contributed by atoms with E-state index in [1.165, 1.54) is 16.9 Å². The number of alkyl halides is 5. The fourth-order valence-corrected chi connectivity index (χ4v) is 5.39. The number of aromatic nitrogens is 4. The minimum Gasteiger partial charge on any atom is -0.361 e. The van der Waals surface area contributed by atoms with Gasteiger partial charge >= 0.3 is 6.18 Å².